The van der Waals surface area contributed by atoms with Crippen molar-refractivity contribution in [2.45, 2.75) is 244 Å². The van der Waals surface area contributed by atoms with E-state index in [0.717, 1.165) is 23.2 Å². The average Bonchev–Trinajstić information content (AvgIpc) is 3.35. The number of hydrogen-bond donors (Lipinski definition) is 2. The van der Waals surface area contributed by atoms with E-state index in [0.29, 0.717) is 17.8 Å². The Bertz CT molecular complexity index is 1650. The normalized spacial score (nSPS) is 15.1. The summed E-state index contributed by atoms with van der Waals surface area (Å²) in [6.45, 7) is 6.97. The van der Waals surface area contributed by atoms with E-state index < -0.39 is 0 Å². The van der Waals surface area contributed by atoms with E-state index in [9.17, 15) is 0 Å². The largest absolute Gasteiger partial charge is 0.399 e. The van der Waals surface area contributed by atoms with Crippen molar-refractivity contribution >= 4 is 11.4 Å². The Morgan fingerprint density at radius 3 is 0.939 bits per heavy atom. The van der Waals surface area contributed by atoms with Crippen molar-refractivity contribution in [2.75, 3.05) is 11.5 Å². The molecule has 3 atom stereocenters. The van der Waals surface area contributed by atoms with Crippen LogP contribution in [0.3, 0.4) is 0 Å². The summed E-state index contributed by atoms with van der Waals surface area (Å²) in [6.07, 6.45) is 43.6. The van der Waals surface area contributed by atoms with Gasteiger partial charge in [-0.15, -0.1) is 0 Å². The van der Waals surface area contributed by atoms with E-state index in [1.807, 2.05) is 0 Å². The minimum Gasteiger partial charge on any atom is -0.399 e. The zero-order valence-corrected chi connectivity index (χ0v) is 42.9. The molecule has 2 heteroatoms. The maximum atomic E-state index is 6.22. The lowest BCUT2D eigenvalue weighted by molar-refractivity contribution is 0.214. The highest BCUT2D eigenvalue weighted by Crippen LogP contribution is 2.41. The van der Waals surface area contributed by atoms with Crippen LogP contribution in [0.5, 0.6) is 0 Å². The third-order valence-corrected chi connectivity index (χ3v) is 15.9. The number of anilines is 2. The fourth-order valence-electron chi connectivity index (χ4n) is 11.7. The molecule has 1 aliphatic rings. The summed E-state index contributed by atoms with van der Waals surface area (Å²) in [5.74, 6) is 2.96. The smallest absolute Gasteiger partial charge is 0.0314 e. The van der Waals surface area contributed by atoms with Gasteiger partial charge in [-0.1, -0.05) is 273 Å². The molecule has 0 bridgehead atoms. The molecule has 0 saturated heterocycles. The summed E-state index contributed by atoms with van der Waals surface area (Å²) in [5.41, 5.74) is 22.8. The molecule has 1 fully saturated rings. The van der Waals surface area contributed by atoms with Gasteiger partial charge in [0, 0.05) is 29.1 Å². The first-order valence-electron chi connectivity index (χ1n) is 28.4. The second-order valence-corrected chi connectivity index (χ2v) is 21.1. The highest BCUT2D eigenvalue weighted by atomic mass is 14.5. The molecule has 1 saturated carbocycles. The molecule has 0 radical (unpaired) electrons. The number of rotatable bonds is 35. The van der Waals surface area contributed by atoms with E-state index >= 15 is 0 Å². The van der Waals surface area contributed by atoms with Crippen LogP contribution in [0.4, 0.5) is 11.4 Å². The van der Waals surface area contributed by atoms with Crippen LogP contribution in [0.2, 0.25) is 0 Å². The Morgan fingerprint density at radius 2 is 0.591 bits per heavy atom. The predicted molar refractivity (Wildman–Crippen MR) is 292 cm³/mol. The van der Waals surface area contributed by atoms with Gasteiger partial charge in [0.05, 0.1) is 0 Å². The van der Waals surface area contributed by atoms with Crippen molar-refractivity contribution in [1.82, 2.24) is 0 Å². The molecule has 5 rings (SSSR count). The van der Waals surface area contributed by atoms with Gasteiger partial charge in [0.2, 0.25) is 0 Å². The molecule has 2 nitrogen and oxygen atoms in total. The molecule has 0 aromatic heterocycles. The van der Waals surface area contributed by atoms with Crippen molar-refractivity contribution in [1.29, 1.82) is 0 Å². The lowest BCUT2D eigenvalue weighted by atomic mass is 9.73. The Balaban J connectivity index is 1.36. The molecular formula is C64H98N2. The van der Waals surface area contributed by atoms with Gasteiger partial charge >= 0.3 is 0 Å². The highest BCUT2D eigenvalue weighted by molar-refractivity contribution is 5.46. The van der Waals surface area contributed by atoms with Crippen molar-refractivity contribution in [2.24, 2.45) is 11.8 Å². The zero-order valence-electron chi connectivity index (χ0n) is 42.9. The quantitative estimate of drug-likeness (QED) is 0.0357. The number of nitrogen functional groups attached to an aromatic ring is 2. The Labute approximate surface area is 407 Å². The summed E-state index contributed by atoms with van der Waals surface area (Å²) < 4.78 is 0. The van der Waals surface area contributed by atoms with E-state index in [1.165, 1.54) is 239 Å². The third kappa shape index (κ3) is 19.2. The Morgan fingerprint density at radius 1 is 0.318 bits per heavy atom. The van der Waals surface area contributed by atoms with Gasteiger partial charge in [-0.25, -0.2) is 0 Å². The average molecular weight is 896 g/mol. The second-order valence-electron chi connectivity index (χ2n) is 21.1. The molecule has 66 heavy (non-hydrogen) atoms. The first kappa shape index (κ1) is 53.4. The monoisotopic (exact) mass is 895 g/mol. The maximum absolute atomic E-state index is 6.22. The molecule has 364 valence electrons. The van der Waals surface area contributed by atoms with Crippen LogP contribution in [0.15, 0.2) is 97.1 Å². The van der Waals surface area contributed by atoms with E-state index in [2.05, 4.69) is 118 Å². The van der Waals surface area contributed by atoms with Crippen molar-refractivity contribution in [3.05, 3.63) is 130 Å². The lowest BCUT2D eigenvalue weighted by Gasteiger charge is -2.32. The Hall–Kier alpha value is -3.52. The van der Waals surface area contributed by atoms with E-state index in [-0.39, 0.29) is 0 Å². The molecular weight excluding hydrogens is 797 g/mol. The van der Waals surface area contributed by atoms with Gasteiger partial charge in [0.25, 0.3) is 0 Å². The minimum absolute atomic E-state index is 0.398. The summed E-state index contributed by atoms with van der Waals surface area (Å²) in [6, 6.07) is 37.6. The molecule has 0 heterocycles. The van der Waals surface area contributed by atoms with Crippen LogP contribution in [-0.2, 0) is 0 Å². The van der Waals surface area contributed by atoms with Gasteiger partial charge in [-0.3, -0.25) is 0 Å². The summed E-state index contributed by atoms with van der Waals surface area (Å²) >= 11 is 0. The van der Waals surface area contributed by atoms with Gasteiger partial charge in [0.1, 0.15) is 0 Å². The van der Waals surface area contributed by atoms with Gasteiger partial charge in [-0.2, -0.15) is 0 Å². The summed E-state index contributed by atoms with van der Waals surface area (Å²) in [4.78, 5) is 0. The second kappa shape index (κ2) is 32.3. The first-order valence-corrected chi connectivity index (χ1v) is 28.4. The van der Waals surface area contributed by atoms with E-state index in [4.69, 9.17) is 11.5 Å². The van der Waals surface area contributed by atoms with Crippen molar-refractivity contribution in [3.8, 4) is 0 Å². The molecule has 0 aliphatic heterocycles. The van der Waals surface area contributed by atoms with E-state index in [1.54, 1.807) is 0 Å². The number of hydrogen-bond acceptors (Lipinski definition) is 2. The van der Waals surface area contributed by atoms with Crippen LogP contribution in [0.1, 0.15) is 277 Å². The van der Waals surface area contributed by atoms with Crippen LogP contribution in [0.25, 0.3) is 0 Å². The lowest BCUT2D eigenvalue weighted by Crippen LogP contribution is -2.19. The highest BCUT2D eigenvalue weighted by Gasteiger charge is 2.26. The minimum atomic E-state index is 0.398. The molecule has 4 N–H and O–H groups in total. The SMILES string of the molecule is CCCCCCCCCCCC(c1ccc(N)cc1)c1ccc(C(CCC(CCCCCC)C2CCCCC2)c2ccc(C(CCCCCCCCCCC)c3ccc(N)cc3)cc2)cc1. The molecule has 0 amide bonds. The molecule has 0 spiro atoms. The number of benzene rings is 4. The standard InChI is InChI=1S/C64H98N2/c1-4-7-10-13-15-17-19-21-27-32-62(58-42-47-60(65)48-43-58)54-34-38-56(39-35-54)64(51-46-53(31-24-12-9-6-3)52-29-25-23-26-30-52)57-40-36-55(37-41-57)63(59-44-49-61(66)50-45-59)33-28-22-20-18-16-14-11-8-5-2/h34-45,47-50,52-53,62-64H,4-33,46,51,65-66H2,1-3H3. The fourth-order valence-corrected chi connectivity index (χ4v) is 11.7. The summed E-state index contributed by atoms with van der Waals surface area (Å²) in [7, 11) is 0. The topological polar surface area (TPSA) is 52.0 Å². The van der Waals surface area contributed by atoms with Crippen LogP contribution >= 0.6 is 0 Å². The maximum Gasteiger partial charge on any atom is 0.0314 e. The third-order valence-electron chi connectivity index (χ3n) is 15.9. The molecule has 4 aromatic carbocycles. The molecule has 3 unspecified atom stereocenters. The van der Waals surface area contributed by atoms with Gasteiger partial charge in [0.15, 0.2) is 0 Å². The molecule has 4 aromatic rings. The number of nitrogens with two attached hydrogens (primary N) is 2. The summed E-state index contributed by atoms with van der Waals surface area (Å²) in [5, 5.41) is 0. The predicted octanol–water partition coefficient (Wildman–Crippen LogP) is 20.0. The Kier molecular flexibility index (Phi) is 26.1. The zero-order chi connectivity index (χ0) is 46.4. The fraction of sp³-hybridized carbons (Fsp3) is 0.625. The van der Waals surface area contributed by atoms with Crippen LogP contribution in [0, 0.1) is 11.8 Å². The van der Waals surface area contributed by atoms with Crippen molar-refractivity contribution < 1.29 is 0 Å². The van der Waals surface area contributed by atoms with Crippen LogP contribution < -0.4 is 11.5 Å². The van der Waals surface area contributed by atoms with Gasteiger partial charge < -0.3 is 11.5 Å². The van der Waals surface area contributed by atoms with Gasteiger partial charge in [-0.05, 0) is 95.2 Å². The van der Waals surface area contributed by atoms with Crippen LogP contribution in [-0.4, -0.2) is 0 Å². The number of unbranched alkanes of at least 4 members (excludes halogenated alkanes) is 19. The first-order chi connectivity index (χ1) is 32.5. The molecule has 1 aliphatic carbocycles. The van der Waals surface area contributed by atoms with Crippen molar-refractivity contribution in [3.63, 3.8) is 0 Å².